The van der Waals surface area contributed by atoms with Gasteiger partial charge < -0.3 is 35.4 Å². The zero-order chi connectivity index (χ0) is 13.9. The molecule has 0 aromatic rings. The van der Waals surface area contributed by atoms with Gasteiger partial charge in [0.15, 0.2) is 0 Å². The molecular formula is C19H45AgBrN-4. The Hall–Kier alpha value is 1.18. The van der Waals surface area contributed by atoms with E-state index in [-0.39, 0.29) is 28.4 Å². The predicted molar refractivity (Wildman–Crippen MR) is 109 cm³/mol. The van der Waals surface area contributed by atoms with Crippen molar-refractivity contribution in [1.29, 1.82) is 0 Å². The molecule has 0 spiro atoms. The molecule has 0 aliphatic carbocycles. The van der Waals surface area contributed by atoms with Crippen LogP contribution in [0.2, 0.25) is 0 Å². The van der Waals surface area contributed by atoms with E-state index in [1.54, 1.807) is 0 Å². The van der Waals surface area contributed by atoms with Crippen molar-refractivity contribution >= 4 is 13.0 Å². The molecule has 0 aromatic carbocycles. The Balaban J connectivity index is -0.000000102. The van der Waals surface area contributed by atoms with Crippen LogP contribution in [0.3, 0.4) is 0 Å². The van der Waals surface area contributed by atoms with Crippen molar-refractivity contribution in [2.45, 2.75) is 96.8 Å². The van der Waals surface area contributed by atoms with Gasteiger partial charge >= 0.3 is 32.0 Å². The van der Waals surface area contributed by atoms with Gasteiger partial charge in [0.25, 0.3) is 0 Å². The zero-order valence-electron chi connectivity index (χ0n) is 16.0. The molecule has 0 saturated carbocycles. The van der Waals surface area contributed by atoms with Crippen LogP contribution in [0, 0.1) is 29.2 Å². The van der Waals surface area contributed by atoms with E-state index in [0.717, 1.165) is 6.42 Å². The van der Waals surface area contributed by atoms with E-state index in [2.05, 4.69) is 45.8 Å². The van der Waals surface area contributed by atoms with Gasteiger partial charge in [-0.2, -0.15) is 6.42 Å². The van der Waals surface area contributed by atoms with Gasteiger partial charge in [-0.15, -0.1) is 0 Å². The zero-order valence-corrected chi connectivity index (χ0v) is 19.1. The van der Waals surface area contributed by atoms with Gasteiger partial charge in [0, 0.05) is 0 Å². The summed E-state index contributed by atoms with van der Waals surface area (Å²) in [5.41, 5.74) is 0. The fraction of sp³-hybridized carbons (Fsp3) is 0.789. The maximum absolute atomic E-state index is 3.87. The Morgan fingerprint density at radius 3 is 1.05 bits per heavy atom. The normalized spacial score (nSPS) is 8.23. The van der Waals surface area contributed by atoms with Gasteiger partial charge in [-0.25, -0.2) is 0 Å². The Bertz CT molecular complexity index is 110. The number of hydrogen-bond acceptors (Lipinski definition) is 1. The van der Waals surface area contributed by atoms with E-state index in [1.165, 1.54) is 83.5 Å². The van der Waals surface area contributed by atoms with Crippen molar-refractivity contribution in [1.82, 2.24) is 6.15 Å². The quantitative estimate of drug-likeness (QED) is 0.161. The molecule has 0 fully saturated rings. The molecule has 3 heteroatoms. The summed E-state index contributed by atoms with van der Waals surface area (Å²) in [7, 11) is 0. The van der Waals surface area contributed by atoms with Crippen LogP contribution in [-0.4, -0.2) is 0 Å². The van der Waals surface area contributed by atoms with E-state index >= 15 is 0 Å². The molecule has 0 amide bonds. The molecular weight excluding hydrogens is 430 g/mol. The fourth-order valence-corrected chi connectivity index (χ4v) is 2.19. The SMILES string of the molecule is N.[Br][Ag].[CH2-]CCCCCCCCCCCCCCC.[CH3-].[CH3-].[CH3-]. The van der Waals surface area contributed by atoms with Crippen molar-refractivity contribution in [3.63, 3.8) is 0 Å². The second kappa shape index (κ2) is 43.2. The van der Waals surface area contributed by atoms with E-state index in [4.69, 9.17) is 0 Å². The van der Waals surface area contributed by atoms with Crippen molar-refractivity contribution in [2.24, 2.45) is 0 Å². The monoisotopic (exact) mass is 473 g/mol. The summed E-state index contributed by atoms with van der Waals surface area (Å²) in [5, 5.41) is 0. The number of halogens is 1. The molecule has 0 radical (unpaired) electrons. The first-order valence-electron chi connectivity index (χ1n) is 7.82. The Morgan fingerprint density at radius 2 is 0.818 bits per heavy atom. The fourth-order valence-electron chi connectivity index (χ4n) is 2.19. The topological polar surface area (TPSA) is 35.0 Å². The summed E-state index contributed by atoms with van der Waals surface area (Å²) in [5.74, 6) is 0. The maximum Gasteiger partial charge on any atom is -0.0533 e. The molecule has 0 aliphatic rings. The van der Waals surface area contributed by atoms with Crippen molar-refractivity contribution in [2.75, 3.05) is 0 Å². The van der Waals surface area contributed by atoms with Crippen LogP contribution in [0.4, 0.5) is 0 Å². The first kappa shape index (κ1) is 38.6. The summed E-state index contributed by atoms with van der Waals surface area (Å²) in [6, 6.07) is 0. The van der Waals surface area contributed by atoms with Crippen LogP contribution in [0.15, 0.2) is 0 Å². The number of rotatable bonds is 13. The smallest absolute Gasteiger partial charge is 0.0533 e. The van der Waals surface area contributed by atoms with Gasteiger partial charge in [0.05, 0.1) is 0 Å². The van der Waals surface area contributed by atoms with Crippen LogP contribution in [0.1, 0.15) is 96.8 Å². The van der Waals surface area contributed by atoms with Gasteiger partial charge in [0.2, 0.25) is 0 Å². The Labute approximate surface area is 163 Å². The summed E-state index contributed by atoms with van der Waals surface area (Å²) in [6.45, 7) is 6.16. The molecule has 0 unspecified atom stereocenters. The van der Waals surface area contributed by atoms with E-state index in [0.29, 0.717) is 0 Å². The molecule has 0 aromatic heterocycles. The summed E-state index contributed by atoms with van der Waals surface area (Å²) in [6.07, 6.45) is 19.8. The van der Waals surface area contributed by atoms with E-state index < -0.39 is 0 Å². The molecule has 1 nitrogen and oxygen atoms in total. The third-order valence-electron chi connectivity index (χ3n) is 3.35. The third-order valence-corrected chi connectivity index (χ3v) is 3.35. The molecule has 0 aliphatic heterocycles. The molecule has 0 atom stereocenters. The average Bonchev–Trinajstić information content (AvgIpc) is 2.42. The van der Waals surface area contributed by atoms with Gasteiger partial charge in [-0.3, -0.25) is 0 Å². The summed E-state index contributed by atoms with van der Waals surface area (Å²) in [4.78, 5) is 0. The molecule has 0 saturated heterocycles. The Morgan fingerprint density at radius 1 is 0.591 bits per heavy atom. The minimum atomic E-state index is 0. The number of hydrogen-bond donors (Lipinski definition) is 1. The first-order valence-corrected chi connectivity index (χ1v) is 11.2. The predicted octanol–water partition coefficient (Wildman–Crippen LogP) is 8.66. The van der Waals surface area contributed by atoms with Crippen LogP contribution in [0.25, 0.3) is 0 Å². The molecule has 3 N–H and O–H groups in total. The molecule has 0 heterocycles. The van der Waals surface area contributed by atoms with Crippen LogP contribution in [0.5, 0.6) is 0 Å². The van der Waals surface area contributed by atoms with E-state index in [1.807, 2.05) is 0 Å². The number of unbranched alkanes of at least 4 members (excludes halogenated alkanes) is 13. The standard InChI is InChI=1S/C16H33.3CH3.Ag.BrH.H3N/c1-3-5-7-9-11-13-15-16-14-12-10-8-6-4-2;;;;;;/h1,3-16H2,2H3;3*1H3;;1H;1H3/q4*-1;+1;;/p-1. The van der Waals surface area contributed by atoms with Gasteiger partial charge in [-0.1, -0.05) is 90.4 Å². The minimum absolute atomic E-state index is 0. The largest absolute Gasteiger partial charge is 0.358 e. The minimum Gasteiger partial charge on any atom is -0.358 e. The third kappa shape index (κ3) is 42.9. The van der Waals surface area contributed by atoms with Crippen molar-refractivity contribution in [3.8, 4) is 0 Å². The maximum atomic E-state index is 3.87. The second-order valence-corrected chi connectivity index (χ2v) is 5.10. The first-order chi connectivity index (χ1) is 8.91. The summed E-state index contributed by atoms with van der Waals surface area (Å²) < 4.78 is 0. The molecule has 22 heavy (non-hydrogen) atoms. The van der Waals surface area contributed by atoms with Crippen LogP contribution >= 0.6 is 13.0 Å². The van der Waals surface area contributed by atoms with Crippen LogP contribution < -0.4 is 6.15 Å². The molecule has 0 rings (SSSR count). The van der Waals surface area contributed by atoms with E-state index in [9.17, 15) is 0 Å². The average molecular weight is 475 g/mol. The Kier molecular flexibility index (Phi) is 75.8. The van der Waals surface area contributed by atoms with Gasteiger partial charge in [0.1, 0.15) is 0 Å². The van der Waals surface area contributed by atoms with Crippen molar-refractivity contribution < 1.29 is 18.9 Å². The second-order valence-electron chi connectivity index (χ2n) is 5.10. The molecule has 0 bridgehead atoms. The molecule has 148 valence electrons. The summed E-state index contributed by atoms with van der Waals surface area (Å²) >= 11 is 5.51. The van der Waals surface area contributed by atoms with Crippen LogP contribution in [-0.2, 0) is 18.9 Å². The van der Waals surface area contributed by atoms with Crippen molar-refractivity contribution in [3.05, 3.63) is 29.2 Å². The van der Waals surface area contributed by atoms with Gasteiger partial charge in [-0.05, 0) is 0 Å².